The van der Waals surface area contributed by atoms with E-state index in [4.69, 9.17) is 16.7 Å². The van der Waals surface area contributed by atoms with Crippen molar-refractivity contribution in [2.45, 2.75) is 18.5 Å². The van der Waals surface area contributed by atoms with Crippen LogP contribution in [0.2, 0.25) is 5.15 Å². The number of hydrogen-bond acceptors (Lipinski definition) is 4. The summed E-state index contributed by atoms with van der Waals surface area (Å²) in [6, 6.07) is 2.58. The summed E-state index contributed by atoms with van der Waals surface area (Å²) in [7, 11) is 0. The topological polar surface area (TPSA) is 65.5 Å². The number of pyridine rings is 1. The molecular formula is C11H12ClN3O2. The van der Waals surface area contributed by atoms with Gasteiger partial charge < -0.3 is 15.3 Å². The highest BCUT2D eigenvalue weighted by Gasteiger charge is 2.37. The minimum atomic E-state index is -1.04. The average Bonchev–Trinajstić information content (AvgIpc) is 2.91. The van der Waals surface area contributed by atoms with Gasteiger partial charge in [0.15, 0.2) is 0 Å². The van der Waals surface area contributed by atoms with Crippen LogP contribution < -0.4 is 10.2 Å². The van der Waals surface area contributed by atoms with Crippen molar-refractivity contribution >= 4 is 23.3 Å². The summed E-state index contributed by atoms with van der Waals surface area (Å²) in [5, 5.41) is 12.5. The van der Waals surface area contributed by atoms with E-state index in [-0.39, 0.29) is 10.7 Å². The number of carboxylic acids is 1. The van der Waals surface area contributed by atoms with Crippen molar-refractivity contribution in [1.29, 1.82) is 0 Å². The fourth-order valence-electron chi connectivity index (χ4n) is 2.62. The van der Waals surface area contributed by atoms with Gasteiger partial charge >= 0.3 is 5.97 Å². The molecule has 17 heavy (non-hydrogen) atoms. The SMILES string of the molecule is O=C(O)c1cc(N2C[C@H]3C[C@@H]2CN3)cnc1Cl. The summed E-state index contributed by atoms with van der Waals surface area (Å²) in [5.74, 6) is -1.04. The Morgan fingerprint density at radius 1 is 1.65 bits per heavy atom. The molecule has 0 saturated carbocycles. The molecule has 3 heterocycles. The first-order valence-electron chi connectivity index (χ1n) is 5.54. The number of aromatic carboxylic acids is 1. The summed E-state index contributed by atoms with van der Waals surface area (Å²) >= 11 is 5.75. The van der Waals surface area contributed by atoms with Crippen molar-refractivity contribution in [1.82, 2.24) is 10.3 Å². The summed E-state index contributed by atoms with van der Waals surface area (Å²) < 4.78 is 0. The highest BCUT2D eigenvalue weighted by atomic mass is 35.5. The number of nitrogens with zero attached hydrogens (tertiary/aromatic N) is 2. The van der Waals surface area contributed by atoms with Gasteiger partial charge in [-0.1, -0.05) is 11.6 Å². The molecule has 6 heteroatoms. The van der Waals surface area contributed by atoms with E-state index in [9.17, 15) is 4.79 Å². The van der Waals surface area contributed by atoms with Gasteiger partial charge in [0.1, 0.15) is 5.15 Å². The van der Waals surface area contributed by atoms with Gasteiger partial charge in [-0.2, -0.15) is 0 Å². The maximum atomic E-state index is 11.0. The summed E-state index contributed by atoms with van der Waals surface area (Å²) in [6.45, 7) is 1.86. The Morgan fingerprint density at radius 2 is 2.47 bits per heavy atom. The number of aromatic nitrogens is 1. The smallest absolute Gasteiger partial charge is 0.338 e. The molecule has 90 valence electrons. The van der Waals surface area contributed by atoms with E-state index in [1.807, 2.05) is 0 Å². The van der Waals surface area contributed by atoms with Gasteiger partial charge in [-0.25, -0.2) is 9.78 Å². The molecule has 0 spiro atoms. The number of carboxylic acid groups (broad SMARTS) is 1. The van der Waals surface area contributed by atoms with Crippen LogP contribution in [-0.4, -0.2) is 41.2 Å². The second-order valence-corrected chi connectivity index (χ2v) is 4.84. The predicted molar refractivity (Wildman–Crippen MR) is 63.7 cm³/mol. The molecule has 3 rings (SSSR count). The molecule has 2 aliphatic rings. The Kier molecular flexibility index (Phi) is 2.45. The monoisotopic (exact) mass is 253 g/mol. The lowest BCUT2D eigenvalue weighted by Gasteiger charge is -2.29. The minimum absolute atomic E-state index is 0.0451. The first-order chi connectivity index (χ1) is 8.15. The van der Waals surface area contributed by atoms with Gasteiger partial charge in [-0.3, -0.25) is 0 Å². The Labute approximate surface area is 103 Å². The maximum absolute atomic E-state index is 11.0. The largest absolute Gasteiger partial charge is 0.478 e. The van der Waals surface area contributed by atoms with Crippen molar-refractivity contribution in [3.05, 3.63) is 23.0 Å². The van der Waals surface area contributed by atoms with Crippen LogP contribution in [0.3, 0.4) is 0 Å². The van der Waals surface area contributed by atoms with Crippen molar-refractivity contribution in [2.75, 3.05) is 18.0 Å². The van der Waals surface area contributed by atoms with Gasteiger partial charge in [0, 0.05) is 25.2 Å². The quantitative estimate of drug-likeness (QED) is 0.770. The van der Waals surface area contributed by atoms with Gasteiger partial charge in [0.25, 0.3) is 0 Å². The van der Waals surface area contributed by atoms with E-state index in [1.54, 1.807) is 12.3 Å². The Balaban J connectivity index is 1.93. The zero-order valence-electron chi connectivity index (χ0n) is 9.06. The van der Waals surface area contributed by atoms with E-state index in [2.05, 4.69) is 15.2 Å². The fraction of sp³-hybridized carbons (Fsp3) is 0.455. The molecule has 2 bridgehead atoms. The first kappa shape index (κ1) is 10.8. The number of fused-ring (bicyclic) bond motifs is 2. The number of piperazine rings is 1. The standard InChI is InChI=1S/C11H12ClN3O2/c12-10-9(11(16)17)2-8(4-14-10)15-5-6-1-7(15)3-13-6/h2,4,6-7,13H,1,3,5H2,(H,16,17)/t6-,7-/m1/s1. The molecule has 0 amide bonds. The molecule has 2 N–H and O–H groups in total. The Morgan fingerprint density at radius 3 is 3.06 bits per heavy atom. The van der Waals surface area contributed by atoms with Crippen LogP contribution in [-0.2, 0) is 0 Å². The minimum Gasteiger partial charge on any atom is -0.478 e. The number of anilines is 1. The molecule has 1 aromatic heterocycles. The molecule has 0 aliphatic carbocycles. The molecule has 5 nitrogen and oxygen atoms in total. The van der Waals surface area contributed by atoms with Gasteiger partial charge in [-0.15, -0.1) is 0 Å². The number of halogens is 1. The third-order valence-electron chi connectivity index (χ3n) is 3.44. The van der Waals surface area contributed by atoms with Crippen molar-refractivity contribution in [3.63, 3.8) is 0 Å². The summed E-state index contributed by atoms with van der Waals surface area (Å²) in [6.07, 6.45) is 2.76. The molecule has 0 radical (unpaired) electrons. The lowest BCUT2D eigenvalue weighted by molar-refractivity contribution is 0.0696. The first-order valence-corrected chi connectivity index (χ1v) is 5.92. The Bertz CT molecular complexity index is 480. The second-order valence-electron chi connectivity index (χ2n) is 4.48. The lowest BCUT2D eigenvalue weighted by Crippen LogP contribution is -2.43. The summed E-state index contributed by atoms with van der Waals surface area (Å²) in [5.41, 5.74) is 0.917. The van der Waals surface area contributed by atoms with Gasteiger partial charge in [0.05, 0.1) is 17.4 Å². The number of carbonyl (C=O) groups is 1. The van der Waals surface area contributed by atoms with Crippen LogP contribution in [0.4, 0.5) is 5.69 Å². The van der Waals surface area contributed by atoms with Crippen LogP contribution in [0.25, 0.3) is 0 Å². The molecule has 0 aromatic carbocycles. The van der Waals surface area contributed by atoms with Gasteiger partial charge in [0.2, 0.25) is 0 Å². The maximum Gasteiger partial charge on any atom is 0.338 e. The lowest BCUT2D eigenvalue weighted by atomic mass is 10.2. The number of nitrogens with one attached hydrogen (secondary N) is 1. The Hall–Kier alpha value is -1.33. The molecule has 2 saturated heterocycles. The van der Waals surface area contributed by atoms with E-state index in [0.29, 0.717) is 12.1 Å². The van der Waals surface area contributed by atoms with E-state index in [1.165, 1.54) is 0 Å². The molecule has 2 aliphatic heterocycles. The van der Waals surface area contributed by atoms with Crippen molar-refractivity contribution in [2.24, 2.45) is 0 Å². The zero-order chi connectivity index (χ0) is 12.0. The van der Waals surface area contributed by atoms with E-state index in [0.717, 1.165) is 25.2 Å². The van der Waals surface area contributed by atoms with Gasteiger partial charge in [-0.05, 0) is 12.5 Å². The molecule has 1 aromatic rings. The fourth-order valence-corrected chi connectivity index (χ4v) is 2.81. The second kappa shape index (κ2) is 3.85. The highest BCUT2D eigenvalue weighted by molar-refractivity contribution is 6.32. The molecule has 2 fully saturated rings. The third kappa shape index (κ3) is 1.75. The third-order valence-corrected chi connectivity index (χ3v) is 3.74. The normalized spacial score (nSPS) is 26.5. The van der Waals surface area contributed by atoms with Crippen LogP contribution in [0.1, 0.15) is 16.8 Å². The zero-order valence-corrected chi connectivity index (χ0v) is 9.81. The molecule has 2 atom stereocenters. The van der Waals surface area contributed by atoms with Crippen LogP contribution in [0.5, 0.6) is 0 Å². The molecular weight excluding hydrogens is 242 g/mol. The number of rotatable bonds is 2. The highest BCUT2D eigenvalue weighted by Crippen LogP contribution is 2.30. The van der Waals surface area contributed by atoms with Crippen molar-refractivity contribution < 1.29 is 9.90 Å². The van der Waals surface area contributed by atoms with Crippen LogP contribution in [0, 0.1) is 0 Å². The number of hydrogen-bond donors (Lipinski definition) is 2. The summed E-state index contributed by atoms with van der Waals surface area (Å²) in [4.78, 5) is 17.1. The van der Waals surface area contributed by atoms with E-state index >= 15 is 0 Å². The predicted octanol–water partition coefficient (Wildman–Crippen LogP) is 0.984. The average molecular weight is 254 g/mol. The van der Waals surface area contributed by atoms with Crippen molar-refractivity contribution in [3.8, 4) is 0 Å². The van der Waals surface area contributed by atoms with Crippen LogP contribution in [0.15, 0.2) is 12.3 Å². The molecule has 0 unspecified atom stereocenters. The van der Waals surface area contributed by atoms with E-state index < -0.39 is 5.97 Å². The van der Waals surface area contributed by atoms with Crippen LogP contribution >= 0.6 is 11.6 Å².